The summed E-state index contributed by atoms with van der Waals surface area (Å²) in [6, 6.07) is 12.4. The average Bonchev–Trinajstić information content (AvgIpc) is 2.75. The van der Waals surface area contributed by atoms with Crippen LogP contribution >= 0.6 is 0 Å². The van der Waals surface area contributed by atoms with E-state index in [1.54, 1.807) is 71.4 Å². The second kappa shape index (κ2) is 9.94. The van der Waals surface area contributed by atoms with E-state index < -0.39 is 11.7 Å². The second-order valence-electron chi connectivity index (χ2n) is 8.02. The largest absolute Gasteiger partial charge is 0.497 e. The highest BCUT2D eigenvalue weighted by molar-refractivity contribution is 5.86. The van der Waals surface area contributed by atoms with E-state index in [-0.39, 0.29) is 0 Å². The number of ether oxygens (including phenoxy) is 3. The predicted molar refractivity (Wildman–Crippen MR) is 129 cm³/mol. The standard InChI is InChI=1S/C23H28N6O4/c1-23(2,3)33-22(30)27-15-8-6-7-14(11-15)26-20-17(24)13-25-21(29-20)28-18-10-9-16(31-4)12-19(18)32-5/h6-13H,24H2,1-5H3,(H,27,30)(H2,25,26,28,29). The Kier molecular flexibility index (Phi) is 7.07. The second-order valence-corrected chi connectivity index (χ2v) is 8.02. The van der Waals surface area contributed by atoms with Crippen LogP contribution in [0.15, 0.2) is 48.7 Å². The number of nitrogens with zero attached hydrogens (tertiary/aromatic N) is 2. The number of nitrogens with two attached hydrogens (primary N) is 1. The van der Waals surface area contributed by atoms with Gasteiger partial charge in [-0.3, -0.25) is 5.32 Å². The molecule has 0 spiro atoms. The SMILES string of the molecule is COc1ccc(Nc2ncc(N)c(Nc3cccc(NC(=O)OC(C)(C)C)c3)n2)c(OC)c1. The molecule has 0 saturated heterocycles. The molecular formula is C23H28N6O4. The lowest BCUT2D eigenvalue weighted by molar-refractivity contribution is 0.0636. The van der Waals surface area contributed by atoms with E-state index in [9.17, 15) is 4.79 Å². The maximum atomic E-state index is 12.0. The number of hydrogen-bond acceptors (Lipinski definition) is 9. The first-order chi connectivity index (χ1) is 15.7. The Bertz CT molecular complexity index is 1130. The van der Waals surface area contributed by atoms with Crippen LogP contribution in [0.1, 0.15) is 20.8 Å². The Labute approximate surface area is 192 Å². The van der Waals surface area contributed by atoms with Crippen LogP contribution in [0.5, 0.6) is 11.5 Å². The van der Waals surface area contributed by atoms with Crippen molar-refractivity contribution >= 4 is 40.6 Å². The highest BCUT2D eigenvalue weighted by atomic mass is 16.6. The van der Waals surface area contributed by atoms with E-state index in [1.807, 2.05) is 6.07 Å². The smallest absolute Gasteiger partial charge is 0.412 e. The number of carbonyl (C=O) groups is 1. The van der Waals surface area contributed by atoms with Gasteiger partial charge in [-0.2, -0.15) is 4.98 Å². The van der Waals surface area contributed by atoms with Crippen LogP contribution in [-0.4, -0.2) is 35.9 Å². The molecule has 0 aliphatic carbocycles. The molecule has 10 heteroatoms. The number of rotatable bonds is 7. The predicted octanol–water partition coefficient (Wildman–Crippen LogP) is 4.91. The van der Waals surface area contributed by atoms with E-state index in [4.69, 9.17) is 19.9 Å². The number of methoxy groups -OCH3 is 2. The Balaban J connectivity index is 1.76. The molecule has 1 amide bonds. The first kappa shape index (κ1) is 23.5. The lowest BCUT2D eigenvalue weighted by Crippen LogP contribution is -2.27. The van der Waals surface area contributed by atoms with E-state index >= 15 is 0 Å². The maximum Gasteiger partial charge on any atom is 0.412 e. The van der Waals surface area contributed by atoms with Crippen molar-refractivity contribution in [1.29, 1.82) is 0 Å². The first-order valence-corrected chi connectivity index (χ1v) is 10.2. The number of carbonyl (C=O) groups excluding carboxylic acids is 1. The molecule has 0 aliphatic heterocycles. The van der Waals surface area contributed by atoms with Crippen molar-refractivity contribution in [2.45, 2.75) is 26.4 Å². The van der Waals surface area contributed by atoms with Gasteiger partial charge in [-0.05, 0) is 51.1 Å². The summed E-state index contributed by atoms with van der Waals surface area (Å²) >= 11 is 0. The maximum absolute atomic E-state index is 12.0. The summed E-state index contributed by atoms with van der Waals surface area (Å²) in [5, 5.41) is 8.97. The van der Waals surface area contributed by atoms with Crippen LogP contribution in [-0.2, 0) is 4.74 Å². The van der Waals surface area contributed by atoms with Crippen molar-refractivity contribution in [1.82, 2.24) is 9.97 Å². The van der Waals surface area contributed by atoms with Gasteiger partial charge in [0.1, 0.15) is 17.1 Å². The zero-order valence-corrected chi connectivity index (χ0v) is 19.2. The van der Waals surface area contributed by atoms with Gasteiger partial charge < -0.3 is 30.6 Å². The van der Waals surface area contributed by atoms with Crippen molar-refractivity contribution < 1.29 is 19.0 Å². The number of amides is 1. The van der Waals surface area contributed by atoms with Gasteiger partial charge in [-0.1, -0.05) is 6.07 Å². The lowest BCUT2D eigenvalue weighted by Gasteiger charge is -2.19. The van der Waals surface area contributed by atoms with Crippen molar-refractivity contribution in [3.8, 4) is 11.5 Å². The van der Waals surface area contributed by atoms with E-state index in [2.05, 4.69) is 25.9 Å². The molecule has 0 aliphatic rings. The minimum absolute atomic E-state index is 0.318. The summed E-state index contributed by atoms with van der Waals surface area (Å²) < 4.78 is 15.9. The van der Waals surface area contributed by atoms with Crippen molar-refractivity contribution in [2.75, 3.05) is 35.9 Å². The molecule has 1 heterocycles. The minimum Gasteiger partial charge on any atom is -0.497 e. The molecule has 0 unspecified atom stereocenters. The third-order valence-electron chi connectivity index (χ3n) is 4.24. The van der Waals surface area contributed by atoms with E-state index in [1.165, 1.54) is 6.20 Å². The Morgan fingerprint density at radius 2 is 1.76 bits per heavy atom. The van der Waals surface area contributed by atoms with Gasteiger partial charge >= 0.3 is 6.09 Å². The molecule has 0 saturated carbocycles. The molecule has 2 aromatic carbocycles. The summed E-state index contributed by atoms with van der Waals surface area (Å²) in [6.45, 7) is 5.40. The minimum atomic E-state index is -0.592. The molecule has 0 bridgehead atoms. The van der Waals surface area contributed by atoms with Crippen molar-refractivity contribution in [2.24, 2.45) is 0 Å². The number of aromatic nitrogens is 2. The molecule has 5 N–H and O–H groups in total. The summed E-state index contributed by atoms with van der Waals surface area (Å²) in [5.74, 6) is 1.95. The molecule has 174 valence electrons. The van der Waals surface area contributed by atoms with Crippen LogP contribution in [0.3, 0.4) is 0 Å². The van der Waals surface area contributed by atoms with Gasteiger partial charge in [0.25, 0.3) is 0 Å². The molecule has 10 nitrogen and oxygen atoms in total. The normalized spacial score (nSPS) is 10.8. The molecule has 0 fully saturated rings. The Morgan fingerprint density at radius 1 is 1.00 bits per heavy atom. The van der Waals surface area contributed by atoms with Crippen LogP contribution in [0, 0.1) is 0 Å². The summed E-state index contributed by atoms with van der Waals surface area (Å²) in [4.78, 5) is 20.7. The summed E-state index contributed by atoms with van der Waals surface area (Å²) in [6.07, 6.45) is 0.956. The van der Waals surface area contributed by atoms with Crippen molar-refractivity contribution in [3.63, 3.8) is 0 Å². The third-order valence-corrected chi connectivity index (χ3v) is 4.24. The monoisotopic (exact) mass is 452 g/mol. The fourth-order valence-corrected chi connectivity index (χ4v) is 2.81. The Hall–Kier alpha value is -4.21. The summed E-state index contributed by atoms with van der Waals surface area (Å²) in [5.41, 5.74) is 7.72. The number of anilines is 6. The average molecular weight is 453 g/mol. The molecular weight excluding hydrogens is 424 g/mol. The van der Waals surface area contributed by atoms with Gasteiger partial charge in [-0.15, -0.1) is 0 Å². The highest BCUT2D eigenvalue weighted by Gasteiger charge is 2.16. The van der Waals surface area contributed by atoms with Gasteiger partial charge in [0.2, 0.25) is 5.95 Å². The first-order valence-electron chi connectivity index (χ1n) is 10.2. The fourth-order valence-electron chi connectivity index (χ4n) is 2.81. The molecule has 3 rings (SSSR count). The van der Waals surface area contributed by atoms with Gasteiger partial charge in [-0.25, -0.2) is 9.78 Å². The van der Waals surface area contributed by atoms with Crippen molar-refractivity contribution in [3.05, 3.63) is 48.7 Å². The number of hydrogen-bond donors (Lipinski definition) is 4. The number of benzene rings is 2. The summed E-state index contributed by atoms with van der Waals surface area (Å²) in [7, 11) is 3.15. The molecule has 1 aromatic heterocycles. The van der Waals surface area contributed by atoms with Gasteiger partial charge in [0, 0.05) is 17.4 Å². The highest BCUT2D eigenvalue weighted by Crippen LogP contribution is 2.31. The molecule has 33 heavy (non-hydrogen) atoms. The van der Waals surface area contributed by atoms with E-state index in [0.29, 0.717) is 46.0 Å². The van der Waals surface area contributed by atoms with Crippen LogP contribution in [0.4, 0.5) is 39.3 Å². The van der Waals surface area contributed by atoms with Gasteiger partial charge in [0.15, 0.2) is 5.82 Å². The van der Waals surface area contributed by atoms with Crippen LogP contribution in [0.2, 0.25) is 0 Å². The fraction of sp³-hybridized carbons (Fsp3) is 0.261. The molecule has 0 atom stereocenters. The zero-order chi connectivity index (χ0) is 24.0. The van der Waals surface area contributed by atoms with Crippen LogP contribution in [0.25, 0.3) is 0 Å². The Morgan fingerprint density at radius 3 is 2.45 bits per heavy atom. The number of nitrogens with one attached hydrogen (secondary N) is 3. The quantitative estimate of drug-likeness (QED) is 0.394. The lowest BCUT2D eigenvalue weighted by atomic mass is 10.2. The third kappa shape index (κ3) is 6.63. The van der Waals surface area contributed by atoms with Crippen LogP contribution < -0.4 is 31.2 Å². The van der Waals surface area contributed by atoms with E-state index in [0.717, 1.165) is 0 Å². The number of nitrogen functional groups attached to an aromatic ring is 1. The molecule has 0 radical (unpaired) electrons. The zero-order valence-electron chi connectivity index (χ0n) is 19.2. The topological polar surface area (TPSA) is 133 Å². The molecule has 3 aromatic rings. The van der Waals surface area contributed by atoms with Gasteiger partial charge in [0.05, 0.1) is 31.8 Å².